The Morgan fingerprint density at radius 3 is 1.52 bits per heavy atom. The van der Waals surface area contributed by atoms with Gasteiger partial charge in [-0.2, -0.15) is 0 Å². The van der Waals surface area contributed by atoms with E-state index in [0.29, 0.717) is 26.2 Å². The van der Waals surface area contributed by atoms with Crippen LogP contribution in [0.5, 0.6) is 0 Å². The molecule has 0 saturated carbocycles. The number of nitrogens with one attached hydrogen (secondary N) is 1. The minimum Gasteiger partial charge on any atom is -0.453 e. The molecule has 2 amide bonds. The fourth-order valence-corrected chi connectivity index (χ4v) is 2.65. The summed E-state index contributed by atoms with van der Waals surface area (Å²) in [5.74, 6) is 0. The van der Waals surface area contributed by atoms with Crippen molar-refractivity contribution in [3.05, 3.63) is 0 Å². The predicted octanol–water partition coefficient (Wildman–Crippen LogP) is 1.36. The van der Waals surface area contributed by atoms with Crippen molar-refractivity contribution in [3.63, 3.8) is 0 Å². The van der Waals surface area contributed by atoms with Gasteiger partial charge in [-0.25, -0.2) is 9.59 Å². The Morgan fingerprint density at radius 1 is 0.806 bits per heavy atom. The Morgan fingerprint density at radius 2 is 1.19 bits per heavy atom. The fourth-order valence-electron chi connectivity index (χ4n) is 2.65. The molecule has 0 bridgehead atoms. The van der Waals surface area contributed by atoms with Crippen LogP contribution in [0.15, 0.2) is 0 Å². The molecule has 2 heterocycles. The predicted molar refractivity (Wildman–Crippen MR) is 122 cm³/mol. The zero-order chi connectivity index (χ0) is 24.1. The maximum Gasteiger partial charge on any atom is 0.409 e. The second-order valence-corrected chi connectivity index (χ2v) is 10.1. The van der Waals surface area contributed by atoms with E-state index in [0.717, 1.165) is 38.8 Å². The van der Waals surface area contributed by atoms with Gasteiger partial charge in [0.15, 0.2) is 0 Å². The van der Waals surface area contributed by atoms with Crippen LogP contribution in [-0.4, -0.2) is 116 Å². The average Bonchev–Trinajstić information content (AvgIpc) is 2.79. The highest BCUT2D eigenvalue weighted by molar-refractivity contribution is 9.10. The van der Waals surface area contributed by atoms with Crippen LogP contribution in [-0.2, 0) is 19.1 Å². The summed E-state index contributed by atoms with van der Waals surface area (Å²) in [6.45, 7) is 13.3. The first-order valence-corrected chi connectivity index (χ1v) is 10.9. The lowest BCUT2D eigenvalue weighted by Gasteiger charge is -2.40. The third-order valence-corrected chi connectivity index (χ3v) is 4.83. The van der Waals surface area contributed by atoms with Crippen LogP contribution in [0.2, 0.25) is 0 Å². The molecule has 1 N–H and O–H groups in total. The number of nitrogens with zero attached hydrogens (tertiary/aromatic N) is 3. The van der Waals surface area contributed by atoms with Crippen molar-refractivity contribution in [2.75, 3.05) is 66.6 Å². The summed E-state index contributed by atoms with van der Waals surface area (Å²) in [5, 5.41) is 3.14. The van der Waals surface area contributed by atoms with E-state index in [9.17, 15) is 19.2 Å². The Balaban J connectivity index is 0.000000484. The first-order valence-electron chi connectivity index (χ1n) is 10.1. The van der Waals surface area contributed by atoms with Gasteiger partial charge in [0.25, 0.3) is 0 Å². The van der Waals surface area contributed by atoms with Gasteiger partial charge in [0, 0.05) is 52.4 Å². The number of alkyl halides is 1. The van der Waals surface area contributed by atoms with Crippen LogP contribution in [0.4, 0.5) is 9.59 Å². The standard InChI is InChI=1S/C10H18N2O3.C6H12N2O2.C4H7BrO/c1-10(2,8-13)12-6-4-11(5-7-12)9(14)15-3;1-10-6(9)8-4-2-7-3-5-8;1-4(2,5)3-6/h8H,4-7H2,1-3H3;7H,2-5H2,1H3;3H,1-2H3. The quantitative estimate of drug-likeness (QED) is 0.449. The number of halogens is 1. The number of hydrogen-bond donors (Lipinski definition) is 1. The van der Waals surface area contributed by atoms with Gasteiger partial charge in [0.05, 0.1) is 24.1 Å². The monoisotopic (exact) mass is 508 g/mol. The summed E-state index contributed by atoms with van der Waals surface area (Å²) in [6.07, 6.45) is 1.29. The van der Waals surface area contributed by atoms with Crippen LogP contribution in [0.1, 0.15) is 27.7 Å². The highest BCUT2D eigenvalue weighted by Gasteiger charge is 2.31. The van der Waals surface area contributed by atoms with Gasteiger partial charge >= 0.3 is 12.2 Å². The van der Waals surface area contributed by atoms with Crippen molar-refractivity contribution in [2.24, 2.45) is 0 Å². The van der Waals surface area contributed by atoms with Crippen molar-refractivity contribution < 1.29 is 28.7 Å². The third kappa shape index (κ3) is 12.0. The molecule has 0 aromatic carbocycles. The molecule has 2 saturated heterocycles. The minimum atomic E-state index is -0.442. The minimum absolute atomic E-state index is 0.221. The lowest BCUT2D eigenvalue weighted by Crippen LogP contribution is -2.56. The van der Waals surface area contributed by atoms with Gasteiger partial charge in [-0.05, 0) is 27.7 Å². The molecule has 2 fully saturated rings. The topological polar surface area (TPSA) is 108 Å². The third-order valence-electron chi connectivity index (χ3n) is 4.65. The van der Waals surface area contributed by atoms with E-state index in [1.165, 1.54) is 14.2 Å². The molecule has 0 atom stereocenters. The lowest BCUT2D eigenvalue weighted by atomic mass is 10.0. The van der Waals surface area contributed by atoms with Crippen LogP contribution < -0.4 is 5.32 Å². The summed E-state index contributed by atoms with van der Waals surface area (Å²) >= 11 is 3.11. The van der Waals surface area contributed by atoms with E-state index >= 15 is 0 Å². The Kier molecular flexibility index (Phi) is 13.6. The molecular weight excluding hydrogens is 472 g/mol. The Hall–Kier alpha value is -1.72. The van der Waals surface area contributed by atoms with Crippen molar-refractivity contribution in [1.29, 1.82) is 0 Å². The Labute approximate surface area is 193 Å². The van der Waals surface area contributed by atoms with E-state index in [2.05, 4.69) is 35.6 Å². The molecule has 11 heteroatoms. The van der Waals surface area contributed by atoms with Gasteiger partial charge in [-0.3, -0.25) is 4.90 Å². The molecule has 0 aromatic rings. The SMILES string of the molecule is CC(C)(Br)C=O.COC(=O)N1CCN(C(C)(C)C=O)CC1.COC(=O)N1CCNCC1. The first kappa shape index (κ1) is 29.3. The highest BCUT2D eigenvalue weighted by Crippen LogP contribution is 2.14. The summed E-state index contributed by atoms with van der Waals surface area (Å²) < 4.78 is 8.86. The van der Waals surface area contributed by atoms with Gasteiger partial charge in [-0.15, -0.1) is 0 Å². The number of hydrogen-bond acceptors (Lipinski definition) is 8. The molecule has 180 valence electrons. The van der Waals surface area contributed by atoms with Crippen LogP contribution in [0.3, 0.4) is 0 Å². The second-order valence-electron chi connectivity index (χ2n) is 8.10. The molecule has 0 radical (unpaired) electrons. The van der Waals surface area contributed by atoms with Crippen LogP contribution in [0, 0.1) is 0 Å². The van der Waals surface area contributed by atoms with E-state index in [-0.39, 0.29) is 16.5 Å². The maximum absolute atomic E-state index is 11.2. The molecule has 10 nitrogen and oxygen atoms in total. The summed E-state index contributed by atoms with van der Waals surface area (Å²) in [5.41, 5.74) is -0.442. The number of carbonyl (C=O) groups excluding carboxylic acids is 4. The van der Waals surface area contributed by atoms with Crippen LogP contribution in [0.25, 0.3) is 0 Å². The van der Waals surface area contributed by atoms with Gasteiger partial charge < -0.3 is 34.2 Å². The summed E-state index contributed by atoms with van der Waals surface area (Å²) in [6, 6.07) is 0. The summed E-state index contributed by atoms with van der Waals surface area (Å²) in [4.78, 5) is 48.1. The summed E-state index contributed by atoms with van der Waals surface area (Å²) in [7, 11) is 2.79. The molecule has 2 aliphatic heterocycles. The number of amides is 2. The number of carbonyl (C=O) groups is 4. The van der Waals surface area contributed by atoms with Crippen molar-refractivity contribution in [1.82, 2.24) is 20.0 Å². The molecule has 0 spiro atoms. The molecule has 2 aliphatic rings. The molecule has 31 heavy (non-hydrogen) atoms. The smallest absolute Gasteiger partial charge is 0.409 e. The molecule has 2 rings (SSSR count). The number of aldehydes is 2. The first-order chi connectivity index (χ1) is 14.4. The largest absolute Gasteiger partial charge is 0.453 e. The van der Waals surface area contributed by atoms with Crippen molar-refractivity contribution in [2.45, 2.75) is 37.6 Å². The zero-order valence-electron chi connectivity index (χ0n) is 19.5. The van der Waals surface area contributed by atoms with E-state index < -0.39 is 5.54 Å². The molecule has 0 aliphatic carbocycles. The lowest BCUT2D eigenvalue weighted by molar-refractivity contribution is -0.117. The number of methoxy groups -OCH3 is 2. The normalized spacial score (nSPS) is 17.3. The van der Waals surface area contributed by atoms with E-state index in [4.69, 9.17) is 0 Å². The fraction of sp³-hybridized carbons (Fsp3) is 0.800. The number of rotatable bonds is 3. The Bertz CT molecular complexity index is 569. The van der Waals surface area contributed by atoms with Crippen molar-refractivity contribution in [3.8, 4) is 0 Å². The highest BCUT2D eigenvalue weighted by atomic mass is 79.9. The average molecular weight is 509 g/mol. The van der Waals surface area contributed by atoms with Crippen molar-refractivity contribution >= 4 is 40.7 Å². The van der Waals surface area contributed by atoms with E-state index in [1.807, 2.05) is 13.8 Å². The number of piperazine rings is 2. The van der Waals surface area contributed by atoms with Gasteiger partial charge in [0.2, 0.25) is 0 Å². The van der Waals surface area contributed by atoms with Gasteiger partial charge in [-0.1, -0.05) is 15.9 Å². The number of ether oxygens (including phenoxy) is 2. The molecule has 0 aromatic heterocycles. The van der Waals surface area contributed by atoms with E-state index in [1.54, 1.807) is 23.6 Å². The molecular formula is C20H37BrN4O6. The zero-order valence-corrected chi connectivity index (χ0v) is 21.1. The second kappa shape index (κ2) is 14.4. The maximum atomic E-state index is 11.2. The van der Waals surface area contributed by atoms with Crippen LogP contribution >= 0.6 is 15.9 Å². The van der Waals surface area contributed by atoms with Gasteiger partial charge in [0.1, 0.15) is 12.6 Å². The molecule has 0 unspecified atom stereocenters.